The minimum absolute atomic E-state index is 0.463. The summed E-state index contributed by atoms with van der Waals surface area (Å²) in [4.78, 5) is 3.80. The third-order valence-corrected chi connectivity index (χ3v) is 1.33. The lowest BCUT2D eigenvalue weighted by Gasteiger charge is -2.06. The van der Waals surface area contributed by atoms with Crippen molar-refractivity contribution in [2.75, 3.05) is 6.61 Å². The highest BCUT2D eigenvalue weighted by molar-refractivity contribution is 5.28. The van der Waals surface area contributed by atoms with Crippen molar-refractivity contribution in [1.82, 2.24) is 4.98 Å². The summed E-state index contributed by atoms with van der Waals surface area (Å²) >= 11 is 0. The number of rotatable bonds is 3. The van der Waals surface area contributed by atoms with Crippen LogP contribution in [0.3, 0.4) is 0 Å². The van der Waals surface area contributed by atoms with E-state index in [1.54, 1.807) is 19.2 Å². The van der Waals surface area contributed by atoms with Crippen LogP contribution in [0.1, 0.15) is 5.56 Å². The van der Waals surface area contributed by atoms with Crippen LogP contribution >= 0.6 is 0 Å². The number of nitrogens with zero attached hydrogens (tertiary/aromatic N) is 1. The first-order chi connectivity index (χ1) is 5.70. The van der Waals surface area contributed by atoms with Gasteiger partial charge in [0.25, 0.3) is 6.43 Å². The Morgan fingerprint density at radius 3 is 2.92 bits per heavy atom. The molecule has 0 aliphatic rings. The van der Waals surface area contributed by atoms with E-state index in [1.165, 1.54) is 6.20 Å². The number of hydrogen-bond donors (Lipinski definition) is 0. The van der Waals surface area contributed by atoms with Gasteiger partial charge >= 0.3 is 0 Å². The standard InChI is InChI=1S/C8H9F2NO/c1-6-4-11-3-2-7(6)12-5-8(9)10/h2-4,8H,5H2,1H3. The lowest BCUT2D eigenvalue weighted by Crippen LogP contribution is -2.07. The van der Waals surface area contributed by atoms with E-state index in [2.05, 4.69) is 4.98 Å². The van der Waals surface area contributed by atoms with Gasteiger partial charge in [-0.2, -0.15) is 0 Å². The minimum Gasteiger partial charge on any atom is -0.487 e. The van der Waals surface area contributed by atoms with E-state index in [0.717, 1.165) is 5.56 Å². The molecular weight excluding hydrogens is 164 g/mol. The molecule has 0 N–H and O–H groups in total. The van der Waals surface area contributed by atoms with Gasteiger partial charge in [-0.25, -0.2) is 8.78 Å². The van der Waals surface area contributed by atoms with Crippen LogP contribution in [0.5, 0.6) is 5.75 Å². The molecule has 0 atom stereocenters. The molecule has 0 saturated heterocycles. The molecule has 1 aromatic rings. The van der Waals surface area contributed by atoms with Gasteiger partial charge in [0.05, 0.1) is 0 Å². The molecule has 2 nitrogen and oxygen atoms in total. The Bertz CT molecular complexity index is 253. The van der Waals surface area contributed by atoms with Crippen molar-refractivity contribution in [1.29, 1.82) is 0 Å². The Kier molecular flexibility index (Phi) is 2.96. The highest BCUT2D eigenvalue weighted by atomic mass is 19.3. The summed E-state index contributed by atoms with van der Waals surface area (Å²) in [5.41, 5.74) is 0.762. The van der Waals surface area contributed by atoms with Crippen molar-refractivity contribution in [3.05, 3.63) is 24.0 Å². The zero-order chi connectivity index (χ0) is 8.97. The summed E-state index contributed by atoms with van der Waals surface area (Å²) in [5, 5.41) is 0. The Morgan fingerprint density at radius 2 is 2.33 bits per heavy atom. The third-order valence-electron chi connectivity index (χ3n) is 1.33. The van der Waals surface area contributed by atoms with E-state index in [4.69, 9.17) is 4.74 Å². The molecule has 66 valence electrons. The van der Waals surface area contributed by atoms with Gasteiger partial charge in [0, 0.05) is 18.0 Å². The summed E-state index contributed by atoms with van der Waals surface area (Å²) in [6.45, 7) is 1.19. The van der Waals surface area contributed by atoms with E-state index >= 15 is 0 Å². The van der Waals surface area contributed by atoms with E-state index in [-0.39, 0.29) is 0 Å². The van der Waals surface area contributed by atoms with Gasteiger partial charge < -0.3 is 4.74 Å². The van der Waals surface area contributed by atoms with E-state index < -0.39 is 13.0 Å². The molecular formula is C8H9F2NO. The number of aryl methyl sites for hydroxylation is 1. The zero-order valence-electron chi connectivity index (χ0n) is 6.63. The van der Waals surface area contributed by atoms with Crippen LogP contribution in [0, 0.1) is 6.92 Å². The molecule has 0 spiro atoms. The zero-order valence-corrected chi connectivity index (χ0v) is 6.63. The molecule has 1 rings (SSSR count). The van der Waals surface area contributed by atoms with E-state index in [1.807, 2.05) is 0 Å². The van der Waals surface area contributed by atoms with Crippen LogP contribution in [0.2, 0.25) is 0 Å². The largest absolute Gasteiger partial charge is 0.487 e. The number of pyridine rings is 1. The van der Waals surface area contributed by atoms with Gasteiger partial charge in [-0.15, -0.1) is 0 Å². The normalized spacial score (nSPS) is 10.3. The summed E-state index contributed by atoms with van der Waals surface area (Å²) in [6, 6.07) is 1.57. The van der Waals surface area contributed by atoms with Crippen molar-refractivity contribution in [2.45, 2.75) is 13.3 Å². The topological polar surface area (TPSA) is 22.1 Å². The predicted molar refractivity (Wildman–Crippen MR) is 40.5 cm³/mol. The highest BCUT2D eigenvalue weighted by Crippen LogP contribution is 2.15. The summed E-state index contributed by atoms with van der Waals surface area (Å²) in [6.07, 6.45) is 0.645. The summed E-state index contributed by atoms with van der Waals surface area (Å²) in [5.74, 6) is 0.463. The molecule has 12 heavy (non-hydrogen) atoms. The lowest BCUT2D eigenvalue weighted by atomic mass is 10.3. The average Bonchev–Trinajstić information content (AvgIpc) is 2.03. The molecule has 0 amide bonds. The number of hydrogen-bond acceptors (Lipinski definition) is 2. The fourth-order valence-electron chi connectivity index (χ4n) is 0.775. The molecule has 0 bridgehead atoms. The molecule has 1 aromatic heterocycles. The van der Waals surface area contributed by atoms with Gasteiger partial charge in [0.2, 0.25) is 0 Å². The molecule has 1 heterocycles. The van der Waals surface area contributed by atoms with Crippen LogP contribution < -0.4 is 4.74 Å². The first-order valence-corrected chi connectivity index (χ1v) is 3.51. The highest BCUT2D eigenvalue weighted by Gasteiger charge is 2.04. The maximum absolute atomic E-state index is 11.7. The molecule has 0 unspecified atom stereocenters. The van der Waals surface area contributed by atoms with Crippen LogP contribution in [0.15, 0.2) is 18.5 Å². The second kappa shape index (κ2) is 3.99. The number of ether oxygens (including phenoxy) is 1. The fraction of sp³-hybridized carbons (Fsp3) is 0.375. The van der Waals surface area contributed by atoms with Gasteiger partial charge in [-0.1, -0.05) is 0 Å². The Balaban J connectivity index is 2.57. The minimum atomic E-state index is -2.43. The lowest BCUT2D eigenvalue weighted by molar-refractivity contribution is 0.0815. The molecule has 0 aliphatic carbocycles. The first kappa shape index (κ1) is 8.90. The smallest absolute Gasteiger partial charge is 0.272 e. The second-order valence-electron chi connectivity index (χ2n) is 2.34. The first-order valence-electron chi connectivity index (χ1n) is 3.51. The quantitative estimate of drug-likeness (QED) is 0.697. The SMILES string of the molecule is Cc1cnccc1OCC(F)F. The van der Waals surface area contributed by atoms with Crippen molar-refractivity contribution >= 4 is 0 Å². The van der Waals surface area contributed by atoms with Crippen molar-refractivity contribution in [3.8, 4) is 5.75 Å². The van der Waals surface area contributed by atoms with Crippen molar-refractivity contribution < 1.29 is 13.5 Å². The van der Waals surface area contributed by atoms with Gasteiger partial charge in [-0.3, -0.25) is 4.98 Å². The average molecular weight is 173 g/mol. The van der Waals surface area contributed by atoms with Crippen LogP contribution in [0.4, 0.5) is 8.78 Å². The van der Waals surface area contributed by atoms with Crippen LogP contribution in [0.25, 0.3) is 0 Å². The molecule has 4 heteroatoms. The van der Waals surface area contributed by atoms with Crippen LogP contribution in [-0.2, 0) is 0 Å². The third kappa shape index (κ3) is 2.45. The maximum Gasteiger partial charge on any atom is 0.272 e. The summed E-state index contributed by atoms with van der Waals surface area (Å²) in [7, 11) is 0. The van der Waals surface area contributed by atoms with Crippen molar-refractivity contribution in [3.63, 3.8) is 0 Å². The maximum atomic E-state index is 11.7. The fourth-order valence-corrected chi connectivity index (χ4v) is 0.775. The Hall–Kier alpha value is -1.19. The number of halogens is 2. The Morgan fingerprint density at radius 1 is 1.58 bits per heavy atom. The number of alkyl halides is 2. The van der Waals surface area contributed by atoms with E-state index in [0.29, 0.717) is 5.75 Å². The van der Waals surface area contributed by atoms with Gasteiger partial charge in [0.15, 0.2) is 0 Å². The van der Waals surface area contributed by atoms with Crippen LogP contribution in [-0.4, -0.2) is 18.0 Å². The Labute approximate surface area is 69.2 Å². The molecule has 0 aliphatic heterocycles. The molecule has 0 aromatic carbocycles. The van der Waals surface area contributed by atoms with Gasteiger partial charge in [0.1, 0.15) is 12.4 Å². The second-order valence-corrected chi connectivity index (χ2v) is 2.34. The monoisotopic (exact) mass is 173 g/mol. The van der Waals surface area contributed by atoms with E-state index in [9.17, 15) is 8.78 Å². The predicted octanol–water partition coefficient (Wildman–Crippen LogP) is 2.03. The molecule has 0 fully saturated rings. The molecule has 0 saturated carbocycles. The van der Waals surface area contributed by atoms with Gasteiger partial charge in [-0.05, 0) is 13.0 Å². The summed E-state index contributed by atoms with van der Waals surface area (Å²) < 4.78 is 28.2. The number of aromatic nitrogens is 1. The molecule has 0 radical (unpaired) electrons. The van der Waals surface area contributed by atoms with Crippen molar-refractivity contribution in [2.24, 2.45) is 0 Å².